The minimum atomic E-state index is 1.11. The molecule has 0 aliphatic rings. The van der Waals surface area contributed by atoms with E-state index in [2.05, 4.69) is 228 Å². The van der Waals surface area contributed by atoms with Crippen LogP contribution in [0.4, 0.5) is 17.1 Å². The van der Waals surface area contributed by atoms with Crippen LogP contribution in [0.25, 0.3) is 71.6 Å². The predicted molar refractivity (Wildman–Crippen MR) is 229 cm³/mol. The van der Waals surface area contributed by atoms with Crippen LogP contribution in [0.1, 0.15) is 0 Å². The van der Waals surface area contributed by atoms with Crippen LogP contribution in [0, 0.1) is 0 Å². The van der Waals surface area contributed by atoms with Crippen LogP contribution in [0.15, 0.2) is 218 Å². The molecule has 0 spiro atoms. The molecule has 54 heavy (non-hydrogen) atoms. The first kappa shape index (κ1) is 31.6. The van der Waals surface area contributed by atoms with Crippen molar-refractivity contribution >= 4 is 49.6 Å². The molecule has 1 heterocycles. The SMILES string of the molecule is c1ccc(N(c2ccc(-c3cccc(-c4ccccc4-n4c5ccccc5c5ccccc54)c3)cc2)c2ccc(-c3ccc4ccccc4c3)cc2)cc1. The number of nitrogens with zero attached hydrogens (tertiary/aromatic N) is 2. The molecule has 2 heteroatoms. The van der Waals surface area contributed by atoms with Gasteiger partial charge in [-0.25, -0.2) is 0 Å². The summed E-state index contributed by atoms with van der Waals surface area (Å²) >= 11 is 0. The minimum absolute atomic E-state index is 1.11. The Morgan fingerprint density at radius 1 is 0.296 bits per heavy atom. The second-order valence-corrected chi connectivity index (χ2v) is 13.8. The smallest absolute Gasteiger partial charge is 0.0541 e. The van der Waals surface area contributed by atoms with E-state index in [4.69, 9.17) is 0 Å². The fourth-order valence-corrected chi connectivity index (χ4v) is 7.96. The average Bonchev–Trinajstić information content (AvgIpc) is 3.59. The Hall–Kier alpha value is -7.16. The molecular weight excluding hydrogens is 653 g/mol. The number of anilines is 3. The molecule has 0 saturated heterocycles. The zero-order valence-corrected chi connectivity index (χ0v) is 29.7. The molecule has 2 nitrogen and oxygen atoms in total. The van der Waals surface area contributed by atoms with Crippen LogP contribution in [0.2, 0.25) is 0 Å². The second kappa shape index (κ2) is 13.4. The van der Waals surface area contributed by atoms with Crippen molar-refractivity contribution in [1.82, 2.24) is 4.57 Å². The Labute approximate surface area is 315 Å². The van der Waals surface area contributed by atoms with Gasteiger partial charge in [-0.15, -0.1) is 0 Å². The van der Waals surface area contributed by atoms with E-state index in [-0.39, 0.29) is 0 Å². The summed E-state index contributed by atoms with van der Waals surface area (Å²) in [7, 11) is 0. The van der Waals surface area contributed by atoms with Crippen LogP contribution in [0.3, 0.4) is 0 Å². The second-order valence-electron chi connectivity index (χ2n) is 13.8. The molecule has 0 amide bonds. The summed E-state index contributed by atoms with van der Waals surface area (Å²) in [4.78, 5) is 2.33. The van der Waals surface area contributed by atoms with E-state index >= 15 is 0 Å². The molecule has 10 aromatic rings. The molecule has 254 valence electrons. The van der Waals surface area contributed by atoms with Gasteiger partial charge in [0.05, 0.1) is 16.7 Å². The first-order chi connectivity index (χ1) is 26.8. The van der Waals surface area contributed by atoms with E-state index in [1.165, 1.54) is 71.6 Å². The van der Waals surface area contributed by atoms with Gasteiger partial charge in [-0.3, -0.25) is 0 Å². The van der Waals surface area contributed by atoms with Gasteiger partial charge in [-0.2, -0.15) is 0 Å². The number of aromatic nitrogens is 1. The molecule has 0 aliphatic carbocycles. The molecule has 10 rings (SSSR count). The lowest BCUT2D eigenvalue weighted by atomic mass is 9.97. The molecule has 0 N–H and O–H groups in total. The normalized spacial score (nSPS) is 11.3. The highest BCUT2D eigenvalue weighted by atomic mass is 15.1. The van der Waals surface area contributed by atoms with Gasteiger partial charge < -0.3 is 9.47 Å². The fraction of sp³-hybridized carbons (Fsp3) is 0. The topological polar surface area (TPSA) is 8.17 Å². The van der Waals surface area contributed by atoms with E-state index < -0.39 is 0 Å². The largest absolute Gasteiger partial charge is 0.311 e. The zero-order valence-electron chi connectivity index (χ0n) is 29.7. The molecule has 0 radical (unpaired) electrons. The summed E-state index contributed by atoms with van der Waals surface area (Å²) in [5.74, 6) is 0. The Kier molecular flexibility index (Phi) is 7.85. The summed E-state index contributed by atoms with van der Waals surface area (Å²) in [5.41, 5.74) is 14.1. The van der Waals surface area contributed by atoms with Gasteiger partial charge >= 0.3 is 0 Å². The molecular formula is C52H36N2. The minimum Gasteiger partial charge on any atom is -0.311 e. The van der Waals surface area contributed by atoms with Crippen molar-refractivity contribution in [3.63, 3.8) is 0 Å². The maximum atomic E-state index is 2.41. The highest BCUT2D eigenvalue weighted by Crippen LogP contribution is 2.39. The molecule has 0 fully saturated rings. The van der Waals surface area contributed by atoms with E-state index in [0.29, 0.717) is 0 Å². The van der Waals surface area contributed by atoms with Crippen molar-refractivity contribution in [3.8, 4) is 39.1 Å². The Morgan fingerprint density at radius 3 is 1.48 bits per heavy atom. The molecule has 9 aromatic carbocycles. The van der Waals surface area contributed by atoms with Crippen molar-refractivity contribution in [2.24, 2.45) is 0 Å². The number of fused-ring (bicyclic) bond motifs is 4. The quantitative estimate of drug-likeness (QED) is 0.162. The Morgan fingerprint density at radius 2 is 0.796 bits per heavy atom. The number of benzene rings is 9. The van der Waals surface area contributed by atoms with E-state index in [1.54, 1.807) is 0 Å². The molecule has 0 aliphatic heterocycles. The van der Waals surface area contributed by atoms with E-state index in [9.17, 15) is 0 Å². The number of para-hydroxylation sites is 4. The third kappa shape index (κ3) is 5.62. The fourth-order valence-electron chi connectivity index (χ4n) is 7.96. The van der Waals surface area contributed by atoms with E-state index in [0.717, 1.165) is 17.1 Å². The van der Waals surface area contributed by atoms with Gasteiger partial charge in [0, 0.05) is 33.4 Å². The lowest BCUT2D eigenvalue weighted by Gasteiger charge is -2.26. The first-order valence-electron chi connectivity index (χ1n) is 18.5. The third-order valence-electron chi connectivity index (χ3n) is 10.6. The first-order valence-corrected chi connectivity index (χ1v) is 18.5. The lowest BCUT2D eigenvalue weighted by Crippen LogP contribution is -2.09. The van der Waals surface area contributed by atoms with Gasteiger partial charge in [0.2, 0.25) is 0 Å². The number of hydrogen-bond acceptors (Lipinski definition) is 1. The standard InChI is InChI=1S/C52H36N2/c1-2-17-44(18-3-1)53(46-33-29-39(30-34-46)42-26-25-37-13-4-5-14-40(37)35-42)45-31-27-38(28-32-45)41-15-12-16-43(36-41)47-19-6-9-22-50(47)54-51-23-10-7-20-48(51)49-21-8-11-24-52(49)54/h1-36H. The highest BCUT2D eigenvalue weighted by Gasteiger charge is 2.16. The van der Waals surface area contributed by atoms with Crippen LogP contribution >= 0.6 is 0 Å². The van der Waals surface area contributed by atoms with Gasteiger partial charge in [0.1, 0.15) is 0 Å². The van der Waals surface area contributed by atoms with Gasteiger partial charge in [-0.05, 0) is 105 Å². The molecule has 1 aromatic heterocycles. The summed E-state index contributed by atoms with van der Waals surface area (Å²) in [6, 6.07) is 78.8. The predicted octanol–water partition coefficient (Wildman–Crippen LogP) is 14.4. The van der Waals surface area contributed by atoms with Crippen LogP contribution in [0.5, 0.6) is 0 Å². The zero-order chi connectivity index (χ0) is 35.8. The van der Waals surface area contributed by atoms with Crippen LogP contribution in [-0.2, 0) is 0 Å². The summed E-state index contributed by atoms with van der Waals surface area (Å²) in [6.07, 6.45) is 0. The van der Waals surface area contributed by atoms with Crippen LogP contribution in [-0.4, -0.2) is 4.57 Å². The maximum absolute atomic E-state index is 2.41. The van der Waals surface area contributed by atoms with Crippen molar-refractivity contribution in [2.45, 2.75) is 0 Å². The van der Waals surface area contributed by atoms with Crippen molar-refractivity contribution in [3.05, 3.63) is 218 Å². The third-order valence-corrected chi connectivity index (χ3v) is 10.6. The average molecular weight is 689 g/mol. The monoisotopic (exact) mass is 688 g/mol. The van der Waals surface area contributed by atoms with Crippen molar-refractivity contribution in [2.75, 3.05) is 4.90 Å². The van der Waals surface area contributed by atoms with Crippen molar-refractivity contribution < 1.29 is 0 Å². The maximum Gasteiger partial charge on any atom is 0.0541 e. The molecule has 0 atom stereocenters. The van der Waals surface area contributed by atoms with Gasteiger partial charge in [0.15, 0.2) is 0 Å². The summed E-state index contributed by atoms with van der Waals surface area (Å²) < 4.78 is 2.41. The Bertz CT molecular complexity index is 2870. The van der Waals surface area contributed by atoms with Gasteiger partial charge in [0.25, 0.3) is 0 Å². The molecule has 0 unspecified atom stereocenters. The summed E-state index contributed by atoms with van der Waals surface area (Å²) in [6.45, 7) is 0. The summed E-state index contributed by atoms with van der Waals surface area (Å²) in [5, 5.41) is 5.04. The van der Waals surface area contributed by atoms with E-state index in [1.807, 2.05) is 0 Å². The van der Waals surface area contributed by atoms with Gasteiger partial charge in [-0.1, -0.05) is 152 Å². The number of rotatable bonds is 7. The van der Waals surface area contributed by atoms with Crippen molar-refractivity contribution in [1.29, 1.82) is 0 Å². The molecule has 0 saturated carbocycles. The lowest BCUT2D eigenvalue weighted by molar-refractivity contribution is 1.18. The van der Waals surface area contributed by atoms with Crippen LogP contribution < -0.4 is 4.90 Å². The molecule has 0 bridgehead atoms. The highest BCUT2D eigenvalue weighted by molar-refractivity contribution is 6.09. The Balaban J connectivity index is 0.995. The number of hydrogen-bond donors (Lipinski definition) is 0.